The van der Waals surface area contributed by atoms with Crippen molar-refractivity contribution in [1.29, 1.82) is 0 Å². The van der Waals surface area contributed by atoms with Gasteiger partial charge < -0.3 is 9.47 Å². The maximum Gasteiger partial charge on any atom is 0.508 e. The van der Waals surface area contributed by atoms with Crippen molar-refractivity contribution < 1.29 is 14.3 Å². The number of methoxy groups -OCH3 is 1. The van der Waals surface area contributed by atoms with Crippen LogP contribution in [0.1, 0.15) is 37.5 Å². The van der Waals surface area contributed by atoms with Crippen LogP contribution >= 0.6 is 0 Å². The van der Waals surface area contributed by atoms with Crippen LogP contribution in [-0.4, -0.2) is 13.3 Å². The summed E-state index contributed by atoms with van der Waals surface area (Å²) in [6, 6.07) is 8.09. The van der Waals surface area contributed by atoms with E-state index in [1.165, 1.54) is 12.7 Å². The SMILES string of the molecule is COC(=O)OC1CC(C)(C)c2ccccc21. The minimum absolute atomic E-state index is 0.0509. The largest absolute Gasteiger partial charge is 0.508 e. The Morgan fingerprint density at radius 1 is 1.38 bits per heavy atom. The summed E-state index contributed by atoms with van der Waals surface area (Å²) < 4.78 is 9.80. The van der Waals surface area contributed by atoms with Gasteiger partial charge in [0.2, 0.25) is 0 Å². The van der Waals surface area contributed by atoms with Crippen molar-refractivity contribution in [3.05, 3.63) is 35.4 Å². The van der Waals surface area contributed by atoms with E-state index in [9.17, 15) is 4.79 Å². The highest BCUT2D eigenvalue weighted by Gasteiger charge is 2.38. The molecule has 0 N–H and O–H groups in total. The number of fused-ring (bicyclic) bond motifs is 1. The van der Waals surface area contributed by atoms with Crippen LogP contribution in [0.15, 0.2) is 24.3 Å². The Bertz CT molecular complexity index is 409. The highest BCUT2D eigenvalue weighted by molar-refractivity contribution is 5.60. The molecule has 0 bridgehead atoms. The molecule has 0 saturated heterocycles. The first-order valence-corrected chi connectivity index (χ1v) is 5.38. The van der Waals surface area contributed by atoms with E-state index in [-0.39, 0.29) is 11.5 Å². The van der Waals surface area contributed by atoms with Crippen LogP contribution in [0.5, 0.6) is 0 Å². The average Bonchev–Trinajstić information content (AvgIpc) is 2.51. The summed E-state index contributed by atoms with van der Waals surface area (Å²) in [6.07, 6.45) is 0.0118. The first kappa shape index (κ1) is 11.0. The van der Waals surface area contributed by atoms with Crippen LogP contribution in [0.4, 0.5) is 4.79 Å². The number of hydrogen-bond donors (Lipinski definition) is 0. The van der Waals surface area contributed by atoms with Crippen LogP contribution < -0.4 is 0 Å². The molecule has 16 heavy (non-hydrogen) atoms. The Morgan fingerprint density at radius 2 is 2.06 bits per heavy atom. The molecule has 3 heteroatoms. The fourth-order valence-corrected chi connectivity index (χ4v) is 2.35. The number of hydrogen-bond acceptors (Lipinski definition) is 3. The van der Waals surface area contributed by atoms with E-state index in [1.54, 1.807) is 0 Å². The molecular weight excluding hydrogens is 204 g/mol. The molecule has 0 saturated carbocycles. The molecule has 3 nitrogen and oxygen atoms in total. The summed E-state index contributed by atoms with van der Waals surface area (Å²) >= 11 is 0. The van der Waals surface area contributed by atoms with Crippen molar-refractivity contribution in [2.24, 2.45) is 0 Å². The summed E-state index contributed by atoms with van der Waals surface area (Å²) in [5.74, 6) is 0. The zero-order valence-corrected chi connectivity index (χ0v) is 9.82. The first-order chi connectivity index (χ1) is 7.54. The molecule has 1 atom stereocenters. The lowest BCUT2D eigenvalue weighted by Gasteiger charge is -2.18. The topological polar surface area (TPSA) is 35.5 Å². The Hall–Kier alpha value is -1.51. The predicted molar refractivity (Wildman–Crippen MR) is 60.3 cm³/mol. The van der Waals surface area contributed by atoms with Crippen molar-refractivity contribution in [3.8, 4) is 0 Å². The van der Waals surface area contributed by atoms with Gasteiger partial charge in [0, 0.05) is 0 Å². The van der Waals surface area contributed by atoms with Gasteiger partial charge in [0.1, 0.15) is 6.10 Å². The monoisotopic (exact) mass is 220 g/mol. The van der Waals surface area contributed by atoms with Crippen molar-refractivity contribution in [3.63, 3.8) is 0 Å². The van der Waals surface area contributed by atoms with Gasteiger partial charge >= 0.3 is 6.16 Å². The summed E-state index contributed by atoms with van der Waals surface area (Å²) in [7, 11) is 1.33. The van der Waals surface area contributed by atoms with Crippen molar-refractivity contribution >= 4 is 6.16 Å². The molecule has 86 valence electrons. The van der Waals surface area contributed by atoms with Crippen LogP contribution in [0, 0.1) is 0 Å². The van der Waals surface area contributed by atoms with Crippen LogP contribution in [0.3, 0.4) is 0 Å². The van der Waals surface area contributed by atoms with Gasteiger partial charge in [-0.15, -0.1) is 0 Å². The third kappa shape index (κ3) is 1.77. The highest BCUT2D eigenvalue weighted by atomic mass is 16.7. The van der Waals surface area contributed by atoms with E-state index >= 15 is 0 Å². The molecule has 2 rings (SSSR count). The van der Waals surface area contributed by atoms with Gasteiger partial charge in [-0.2, -0.15) is 0 Å². The average molecular weight is 220 g/mol. The lowest BCUT2D eigenvalue weighted by atomic mass is 9.87. The minimum atomic E-state index is -0.613. The zero-order valence-electron chi connectivity index (χ0n) is 9.82. The molecule has 0 spiro atoms. The molecule has 0 aromatic heterocycles. The summed E-state index contributed by atoms with van der Waals surface area (Å²) in [6.45, 7) is 4.32. The third-order valence-corrected chi connectivity index (χ3v) is 3.14. The molecule has 0 fully saturated rings. The van der Waals surface area contributed by atoms with E-state index < -0.39 is 6.16 Å². The predicted octanol–water partition coefficient (Wildman–Crippen LogP) is 3.19. The van der Waals surface area contributed by atoms with Gasteiger partial charge in [-0.1, -0.05) is 38.1 Å². The highest BCUT2D eigenvalue weighted by Crippen LogP contribution is 2.46. The second-order valence-corrected chi connectivity index (χ2v) is 4.74. The van der Waals surface area contributed by atoms with E-state index in [4.69, 9.17) is 4.74 Å². The van der Waals surface area contributed by atoms with Crippen LogP contribution in [0.2, 0.25) is 0 Å². The van der Waals surface area contributed by atoms with Gasteiger partial charge in [-0.05, 0) is 23.0 Å². The standard InChI is InChI=1S/C13H16O3/c1-13(2)8-11(16-12(14)15-3)9-6-4-5-7-10(9)13/h4-7,11H,8H2,1-3H3. The molecule has 0 radical (unpaired) electrons. The second kappa shape index (κ2) is 3.81. The number of benzene rings is 1. The molecule has 1 aliphatic rings. The van der Waals surface area contributed by atoms with E-state index in [0.29, 0.717) is 0 Å². The van der Waals surface area contributed by atoms with E-state index in [1.807, 2.05) is 18.2 Å². The van der Waals surface area contributed by atoms with Crippen molar-refractivity contribution in [2.45, 2.75) is 31.8 Å². The fourth-order valence-electron chi connectivity index (χ4n) is 2.35. The van der Waals surface area contributed by atoms with E-state index in [0.717, 1.165) is 12.0 Å². The Balaban J connectivity index is 2.30. The summed E-state index contributed by atoms with van der Waals surface area (Å²) in [5.41, 5.74) is 2.40. The lowest BCUT2D eigenvalue weighted by Crippen LogP contribution is -2.14. The molecule has 0 heterocycles. The Labute approximate surface area is 95.4 Å². The van der Waals surface area contributed by atoms with Crippen molar-refractivity contribution in [2.75, 3.05) is 7.11 Å². The number of carbonyl (C=O) groups excluding carboxylic acids is 1. The van der Waals surface area contributed by atoms with Crippen LogP contribution in [0.25, 0.3) is 0 Å². The number of rotatable bonds is 1. The lowest BCUT2D eigenvalue weighted by molar-refractivity contribution is 0.0325. The van der Waals surface area contributed by atoms with Gasteiger partial charge in [0.15, 0.2) is 0 Å². The molecular formula is C13H16O3. The molecule has 0 amide bonds. The minimum Gasteiger partial charge on any atom is -0.438 e. The summed E-state index contributed by atoms with van der Waals surface area (Å²) in [4.78, 5) is 11.1. The Morgan fingerprint density at radius 3 is 2.75 bits per heavy atom. The third-order valence-electron chi connectivity index (χ3n) is 3.14. The smallest absolute Gasteiger partial charge is 0.438 e. The number of ether oxygens (including phenoxy) is 2. The molecule has 1 aromatic carbocycles. The van der Waals surface area contributed by atoms with Gasteiger partial charge in [0.05, 0.1) is 7.11 Å². The van der Waals surface area contributed by atoms with E-state index in [2.05, 4.69) is 24.7 Å². The van der Waals surface area contributed by atoms with Crippen molar-refractivity contribution in [1.82, 2.24) is 0 Å². The maximum atomic E-state index is 11.1. The fraction of sp³-hybridized carbons (Fsp3) is 0.462. The second-order valence-electron chi connectivity index (χ2n) is 4.74. The molecule has 1 unspecified atom stereocenters. The normalized spacial score (nSPS) is 21.3. The number of carbonyl (C=O) groups is 1. The van der Waals surface area contributed by atoms with Gasteiger partial charge in [0.25, 0.3) is 0 Å². The summed E-state index contributed by atoms with van der Waals surface area (Å²) in [5, 5.41) is 0. The quantitative estimate of drug-likeness (QED) is 0.682. The molecule has 1 aromatic rings. The van der Waals surface area contributed by atoms with Gasteiger partial charge in [-0.25, -0.2) is 4.79 Å². The van der Waals surface area contributed by atoms with Gasteiger partial charge in [-0.3, -0.25) is 0 Å². The van der Waals surface area contributed by atoms with Crippen LogP contribution in [-0.2, 0) is 14.9 Å². The first-order valence-electron chi connectivity index (χ1n) is 5.38. The maximum absolute atomic E-state index is 11.1. The molecule has 0 aliphatic heterocycles. The molecule has 1 aliphatic carbocycles. The Kier molecular flexibility index (Phi) is 2.62. The zero-order chi connectivity index (χ0) is 11.8.